The standard InChI is InChI=1S/C27H23NO5S/c29-25-24(34-27(32)28(25)16-4-7-19-5-2-1-3-6-19)17-20-10-14-23(15-11-20)33-18-21-8-12-22(13-9-21)26(30)31/h1-3,5-6,8-15,17H,4,7,16,18H2,(H,30,31)/b24-17+. The molecular formula is C27H23NO5S. The van der Waals surface area contributed by atoms with Crippen LogP contribution in [0.3, 0.4) is 0 Å². The molecule has 0 atom stereocenters. The maximum absolute atomic E-state index is 12.7. The molecule has 0 aromatic heterocycles. The lowest BCUT2D eigenvalue weighted by Gasteiger charge is -2.12. The fourth-order valence-electron chi connectivity index (χ4n) is 3.50. The number of carboxylic acids is 1. The number of aromatic carboxylic acids is 1. The summed E-state index contributed by atoms with van der Waals surface area (Å²) in [7, 11) is 0. The average Bonchev–Trinajstić information content (AvgIpc) is 3.12. The second-order valence-corrected chi connectivity index (χ2v) is 8.78. The first-order valence-corrected chi connectivity index (χ1v) is 11.7. The predicted octanol–water partition coefficient (Wildman–Crippen LogP) is 5.63. The van der Waals surface area contributed by atoms with Crippen molar-refractivity contribution < 1.29 is 24.2 Å². The molecular weight excluding hydrogens is 450 g/mol. The van der Waals surface area contributed by atoms with Gasteiger partial charge in [-0.05, 0) is 71.6 Å². The van der Waals surface area contributed by atoms with Crippen molar-refractivity contribution in [2.75, 3.05) is 6.54 Å². The summed E-state index contributed by atoms with van der Waals surface area (Å²) in [6, 6.07) is 23.7. The Kier molecular flexibility index (Phi) is 7.44. The lowest BCUT2D eigenvalue weighted by atomic mass is 10.1. The Labute approximate surface area is 201 Å². The van der Waals surface area contributed by atoms with Crippen molar-refractivity contribution in [3.63, 3.8) is 0 Å². The van der Waals surface area contributed by atoms with E-state index in [2.05, 4.69) is 0 Å². The van der Waals surface area contributed by atoms with Crippen LogP contribution in [0.5, 0.6) is 5.75 Å². The molecule has 0 spiro atoms. The number of carbonyl (C=O) groups excluding carboxylic acids is 2. The normalized spacial score (nSPS) is 14.6. The van der Waals surface area contributed by atoms with Gasteiger partial charge in [-0.25, -0.2) is 4.79 Å². The minimum atomic E-state index is -0.965. The van der Waals surface area contributed by atoms with Crippen molar-refractivity contribution in [1.82, 2.24) is 4.90 Å². The van der Waals surface area contributed by atoms with Crippen LogP contribution in [0.4, 0.5) is 4.79 Å². The van der Waals surface area contributed by atoms with Gasteiger partial charge in [0.15, 0.2) is 0 Å². The van der Waals surface area contributed by atoms with Crippen LogP contribution in [0.1, 0.15) is 33.5 Å². The topological polar surface area (TPSA) is 83.9 Å². The van der Waals surface area contributed by atoms with Gasteiger partial charge in [0.1, 0.15) is 12.4 Å². The van der Waals surface area contributed by atoms with E-state index in [-0.39, 0.29) is 16.7 Å². The lowest BCUT2D eigenvalue weighted by Crippen LogP contribution is -2.29. The van der Waals surface area contributed by atoms with Gasteiger partial charge in [0, 0.05) is 6.54 Å². The van der Waals surface area contributed by atoms with E-state index in [0.29, 0.717) is 23.8 Å². The first-order chi connectivity index (χ1) is 16.5. The van der Waals surface area contributed by atoms with Gasteiger partial charge in [0.2, 0.25) is 0 Å². The maximum atomic E-state index is 12.7. The molecule has 2 amide bonds. The summed E-state index contributed by atoms with van der Waals surface area (Å²) >= 11 is 0.963. The highest BCUT2D eigenvalue weighted by Crippen LogP contribution is 2.32. The second-order valence-electron chi connectivity index (χ2n) is 7.78. The van der Waals surface area contributed by atoms with Crippen LogP contribution >= 0.6 is 11.8 Å². The summed E-state index contributed by atoms with van der Waals surface area (Å²) in [6.45, 7) is 0.707. The number of imide groups is 1. The average molecular weight is 474 g/mol. The summed E-state index contributed by atoms with van der Waals surface area (Å²) in [4.78, 5) is 37.7. The fraction of sp³-hybridized carbons (Fsp3) is 0.148. The highest BCUT2D eigenvalue weighted by Gasteiger charge is 2.34. The quantitative estimate of drug-likeness (QED) is 0.405. The SMILES string of the molecule is O=C(O)c1ccc(COc2ccc(/C=C3/SC(=O)N(CCCc4ccccc4)C3=O)cc2)cc1. The van der Waals surface area contributed by atoms with E-state index in [0.717, 1.165) is 35.7 Å². The maximum Gasteiger partial charge on any atom is 0.335 e. The third kappa shape index (κ3) is 5.94. The molecule has 0 unspecified atom stereocenters. The molecule has 1 aliphatic rings. The highest BCUT2D eigenvalue weighted by atomic mass is 32.2. The van der Waals surface area contributed by atoms with Gasteiger partial charge in [-0.15, -0.1) is 0 Å². The van der Waals surface area contributed by atoms with Crippen LogP contribution in [-0.2, 0) is 17.8 Å². The molecule has 0 saturated carbocycles. The largest absolute Gasteiger partial charge is 0.489 e. The summed E-state index contributed by atoms with van der Waals surface area (Å²) in [5.41, 5.74) is 3.07. The van der Waals surface area contributed by atoms with E-state index in [1.54, 1.807) is 42.5 Å². The number of carboxylic acid groups (broad SMARTS) is 1. The number of amides is 2. The predicted molar refractivity (Wildman–Crippen MR) is 132 cm³/mol. The molecule has 1 aliphatic heterocycles. The number of benzene rings is 3. The van der Waals surface area contributed by atoms with E-state index in [1.807, 2.05) is 42.5 Å². The Bertz CT molecular complexity index is 1200. The molecule has 0 aliphatic carbocycles. The van der Waals surface area contributed by atoms with Crippen LogP contribution < -0.4 is 4.74 Å². The van der Waals surface area contributed by atoms with Crippen molar-refractivity contribution in [2.24, 2.45) is 0 Å². The molecule has 1 saturated heterocycles. The monoisotopic (exact) mass is 473 g/mol. The smallest absolute Gasteiger partial charge is 0.335 e. The van der Waals surface area contributed by atoms with Gasteiger partial charge in [-0.3, -0.25) is 14.5 Å². The van der Waals surface area contributed by atoms with Crippen molar-refractivity contribution in [3.8, 4) is 5.75 Å². The zero-order chi connectivity index (χ0) is 23.9. The van der Waals surface area contributed by atoms with Crippen LogP contribution in [-0.4, -0.2) is 33.7 Å². The first-order valence-electron chi connectivity index (χ1n) is 10.8. The van der Waals surface area contributed by atoms with Gasteiger partial charge in [-0.2, -0.15) is 0 Å². The number of thioether (sulfide) groups is 1. The molecule has 34 heavy (non-hydrogen) atoms. The molecule has 0 radical (unpaired) electrons. The molecule has 3 aromatic rings. The zero-order valence-corrected chi connectivity index (χ0v) is 19.2. The first kappa shape index (κ1) is 23.3. The zero-order valence-electron chi connectivity index (χ0n) is 18.3. The number of nitrogens with zero attached hydrogens (tertiary/aromatic N) is 1. The van der Waals surface area contributed by atoms with E-state index in [1.165, 1.54) is 10.5 Å². The second kappa shape index (κ2) is 10.9. The number of hydrogen-bond acceptors (Lipinski definition) is 5. The van der Waals surface area contributed by atoms with Gasteiger partial charge in [0.05, 0.1) is 10.5 Å². The van der Waals surface area contributed by atoms with Gasteiger partial charge in [-0.1, -0.05) is 54.6 Å². The van der Waals surface area contributed by atoms with Crippen LogP contribution in [0.2, 0.25) is 0 Å². The molecule has 1 N–H and O–H groups in total. The van der Waals surface area contributed by atoms with Crippen molar-refractivity contribution in [1.29, 1.82) is 0 Å². The van der Waals surface area contributed by atoms with E-state index < -0.39 is 5.97 Å². The van der Waals surface area contributed by atoms with Crippen molar-refractivity contribution >= 4 is 35.0 Å². The molecule has 7 heteroatoms. The summed E-state index contributed by atoms with van der Waals surface area (Å²) in [6.07, 6.45) is 3.25. The molecule has 4 rings (SSSR count). The van der Waals surface area contributed by atoms with E-state index in [9.17, 15) is 14.4 Å². The Morgan fingerprint density at radius 2 is 1.62 bits per heavy atom. The van der Waals surface area contributed by atoms with Crippen LogP contribution in [0.15, 0.2) is 83.8 Å². The molecule has 3 aromatic carbocycles. The van der Waals surface area contributed by atoms with E-state index in [4.69, 9.17) is 9.84 Å². The third-order valence-corrected chi connectivity index (χ3v) is 6.26. The lowest BCUT2D eigenvalue weighted by molar-refractivity contribution is -0.122. The third-order valence-electron chi connectivity index (χ3n) is 5.35. The number of rotatable bonds is 9. The Morgan fingerprint density at radius 1 is 0.912 bits per heavy atom. The van der Waals surface area contributed by atoms with Gasteiger partial charge in [0.25, 0.3) is 11.1 Å². The van der Waals surface area contributed by atoms with Crippen molar-refractivity contribution in [2.45, 2.75) is 19.4 Å². The molecule has 6 nitrogen and oxygen atoms in total. The Morgan fingerprint density at radius 3 is 2.29 bits per heavy atom. The number of ether oxygens (including phenoxy) is 1. The minimum Gasteiger partial charge on any atom is -0.489 e. The molecule has 1 fully saturated rings. The summed E-state index contributed by atoms with van der Waals surface area (Å²) in [5.74, 6) is -0.574. The highest BCUT2D eigenvalue weighted by molar-refractivity contribution is 8.18. The fourth-order valence-corrected chi connectivity index (χ4v) is 4.37. The van der Waals surface area contributed by atoms with E-state index >= 15 is 0 Å². The number of hydrogen-bond donors (Lipinski definition) is 1. The summed E-state index contributed by atoms with van der Waals surface area (Å²) in [5, 5.41) is 8.72. The van der Waals surface area contributed by atoms with Gasteiger partial charge < -0.3 is 9.84 Å². The number of carbonyl (C=O) groups is 3. The molecule has 0 bridgehead atoms. The molecule has 172 valence electrons. The van der Waals surface area contributed by atoms with Crippen LogP contribution in [0, 0.1) is 0 Å². The van der Waals surface area contributed by atoms with Crippen molar-refractivity contribution in [3.05, 3.63) is 106 Å². The minimum absolute atomic E-state index is 0.230. The Balaban J connectivity index is 1.31. The molecule has 1 heterocycles. The van der Waals surface area contributed by atoms with Crippen LogP contribution in [0.25, 0.3) is 6.08 Å². The summed E-state index contributed by atoms with van der Waals surface area (Å²) < 4.78 is 5.75. The number of aryl methyl sites for hydroxylation is 1. The van der Waals surface area contributed by atoms with Gasteiger partial charge >= 0.3 is 5.97 Å². The Hall–Kier alpha value is -3.84.